The van der Waals surface area contributed by atoms with Crippen LogP contribution in [-0.4, -0.2) is 16.9 Å². The fourth-order valence-corrected chi connectivity index (χ4v) is 0.762. The number of aryl methyl sites for hydroxylation is 1. The number of hydrogen-bond donors (Lipinski definition) is 1. The molecule has 0 saturated carbocycles. The number of hydrogen-bond acceptors (Lipinski definition) is 3. The summed E-state index contributed by atoms with van der Waals surface area (Å²) >= 11 is 0. The first-order chi connectivity index (χ1) is 4.74. The van der Waals surface area contributed by atoms with E-state index in [1.165, 1.54) is 0 Å². The van der Waals surface area contributed by atoms with Gasteiger partial charge in [0.2, 0.25) is 0 Å². The normalized spacial score (nSPS) is 10.2. The van der Waals surface area contributed by atoms with Gasteiger partial charge in [0.1, 0.15) is 5.82 Å². The Morgan fingerprint density at radius 2 is 2.50 bits per heavy atom. The largest absolute Gasteiger partial charge is 0.384 e. The third kappa shape index (κ3) is 1.27. The maximum atomic E-state index is 5.52. The van der Waals surface area contributed by atoms with Crippen LogP contribution in [0.1, 0.15) is 5.69 Å². The SMILES string of the molecule is COCc1cc(N)n(C)n1. The molecule has 0 spiro atoms. The standard InChI is InChI=1S/C6H11N3O/c1-9-6(7)3-5(8-9)4-10-2/h3H,4,7H2,1-2H3. The Balaban J connectivity index is 2.77. The van der Waals surface area contributed by atoms with Gasteiger partial charge in [-0.1, -0.05) is 0 Å². The Morgan fingerprint density at radius 1 is 1.80 bits per heavy atom. The second-order valence-corrected chi connectivity index (χ2v) is 2.12. The van der Waals surface area contributed by atoms with E-state index in [1.54, 1.807) is 24.9 Å². The molecule has 56 valence electrons. The Kier molecular flexibility index (Phi) is 1.91. The van der Waals surface area contributed by atoms with Crippen LogP contribution in [0.4, 0.5) is 5.82 Å². The van der Waals surface area contributed by atoms with Gasteiger partial charge in [0, 0.05) is 20.2 Å². The highest BCUT2D eigenvalue weighted by atomic mass is 16.5. The van der Waals surface area contributed by atoms with E-state index in [1.807, 2.05) is 0 Å². The van der Waals surface area contributed by atoms with Crippen molar-refractivity contribution in [3.05, 3.63) is 11.8 Å². The summed E-state index contributed by atoms with van der Waals surface area (Å²) in [6, 6.07) is 1.80. The highest BCUT2D eigenvalue weighted by molar-refractivity contribution is 5.29. The number of nitrogen functional groups attached to an aromatic ring is 1. The molecule has 1 aromatic rings. The molecule has 0 bridgehead atoms. The first-order valence-corrected chi connectivity index (χ1v) is 3.01. The van der Waals surface area contributed by atoms with Crippen molar-refractivity contribution >= 4 is 5.82 Å². The van der Waals surface area contributed by atoms with Gasteiger partial charge in [0.25, 0.3) is 0 Å². The van der Waals surface area contributed by atoms with Crippen molar-refractivity contribution in [2.24, 2.45) is 7.05 Å². The fraction of sp³-hybridized carbons (Fsp3) is 0.500. The van der Waals surface area contributed by atoms with E-state index in [0.717, 1.165) is 5.69 Å². The highest BCUT2D eigenvalue weighted by Crippen LogP contribution is 2.04. The lowest BCUT2D eigenvalue weighted by atomic mass is 10.4. The highest BCUT2D eigenvalue weighted by Gasteiger charge is 1.98. The molecule has 0 fully saturated rings. The molecule has 4 nitrogen and oxygen atoms in total. The summed E-state index contributed by atoms with van der Waals surface area (Å²) in [7, 11) is 3.43. The first-order valence-electron chi connectivity index (χ1n) is 3.01. The van der Waals surface area contributed by atoms with Crippen LogP contribution < -0.4 is 5.73 Å². The topological polar surface area (TPSA) is 53.1 Å². The molecule has 4 heteroatoms. The molecule has 2 N–H and O–H groups in total. The van der Waals surface area contributed by atoms with E-state index in [0.29, 0.717) is 12.4 Å². The van der Waals surface area contributed by atoms with Crippen LogP contribution >= 0.6 is 0 Å². The van der Waals surface area contributed by atoms with Gasteiger partial charge in [-0.05, 0) is 0 Å². The average Bonchev–Trinajstić information content (AvgIpc) is 2.14. The maximum absolute atomic E-state index is 5.52. The third-order valence-corrected chi connectivity index (χ3v) is 1.26. The van der Waals surface area contributed by atoms with E-state index in [-0.39, 0.29) is 0 Å². The molecule has 0 aliphatic heterocycles. The maximum Gasteiger partial charge on any atom is 0.121 e. The molecule has 0 aliphatic rings. The number of anilines is 1. The Labute approximate surface area is 59.6 Å². The lowest BCUT2D eigenvalue weighted by Crippen LogP contribution is -1.97. The zero-order chi connectivity index (χ0) is 7.56. The van der Waals surface area contributed by atoms with Crippen molar-refractivity contribution in [2.45, 2.75) is 6.61 Å². The minimum atomic E-state index is 0.519. The number of rotatable bonds is 2. The predicted octanol–water partition coefficient (Wildman–Crippen LogP) is 0.149. The monoisotopic (exact) mass is 141 g/mol. The summed E-state index contributed by atoms with van der Waals surface area (Å²) in [6.07, 6.45) is 0. The molecular formula is C6H11N3O. The van der Waals surface area contributed by atoms with Crippen molar-refractivity contribution < 1.29 is 4.74 Å². The lowest BCUT2D eigenvalue weighted by molar-refractivity contribution is 0.181. The van der Waals surface area contributed by atoms with Gasteiger partial charge in [0.05, 0.1) is 12.3 Å². The molecule has 0 amide bonds. The minimum Gasteiger partial charge on any atom is -0.384 e. The molecule has 1 aromatic heterocycles. The summed E-state index contributed by atoms with van der Waals surface area (Å²) in [6.45, 7) is 0.519. The van der Waals surface area contributed by atoms with Crippen molar-refractivity contribution in [3.8, 4) is 0 Å². The van der Waals surface area contributed by atoms with Gasteiger partial charge >= 0.3 is 0 Å². The molecule has 10 heavy (non-hydrogen) atoms. The summed E-state index contributed by atoms with van der Waals surface area (Å²) in [5.41, 5.74) is 6.38. The van der Waals surface area contributed by atoms with Crippen LogP contribution in [0.25, 0.3) is 0 Å². The third-order valence-electron chi connectivity index (χ3n) is 1.26. The van der Waals surface area contributed by atoms with E-state index >= 15 is 0 Å². The number of nitrogens with two attached hydrogens (primary N) is 1. The van der Waals surface area contributed by atoms with Crippen LogP contribution in [0.2, 0.25) is 0 Å². The summed E-state index contributed by atoms with van der Waals surface area (Å²) in [4.78, 5) is 0. The van der Waals surface area contributed by atoms with Gasteiger partial charge < -0.3 is 10.5 Å². The average molecular weight is 141 g/mol. The zero-order valence-electron chi connectivity index (χ0n) is 6.16. The number of nitrogens with zero attached hydrogens (tertiary/aromatic N) is 2. The van der Waals surface area contributed by atoms with E-state index in [2.05, 4.69) is 5.10 Å². The van der Waals surface area contributed by atoms with Crippen LogP contribution in [-0.2, 0) is 18.4 Å². The van der Waals surface area contributed by atoms with Crippen molar-refractivity contribution in [3.63, 3.8) is 0 Å². The molecule has 1 heterocycles. The number of aromatic nitrogens is 2. The van der Waals surface area contributed by atoms with Gasteiger partial charge in [-0.15, -0.1) is 0 Å². The van der Waals surface area contributed by atoms with E-state index in [9.17, 15) is 0 Å². The molecule has 0 aliphatic carbocycles. The Hall–Kier alpha value is -1.03. The van der Waals surface area contributed by atoms with E-state index < -0.39 is 0 Å². The van der Waals surface area contributed by atoms with Crippen molar-refractivity contribution in [1.82, 2.24) is 9.78 Å². The fourth-order valence-electron chi connectivity index (χ4n) is 0.762. The first kappa shape index (κ1) is 7.08. The second-order valence-electron chi connectivity index (χ2n) is 2.12. The van der Waals surface area contributed by atoms with Crippen LogP contribution in [0.3, 0.4) is 0 Å². The molecular weight excluding hydrogens is 130 g/mol. The summed E-state index contributed by atoms with van der Waals surface area (Å²) in [5.74, 6) is 0.659. The van der Waals surface area contributed by atoms with Gasteiger partial charge in [-0.2, -0.15) is 5.10 Å². The number of methoxy groups -OCH3 is 1. The van der Waals surface area contributed by atoms with Crippen molar-refractivity contribution in [1.29, 1.82) is 0 Å². The van der Waals surface area contributed by atoms with E-state index in [4.69, 9.17) is 10.5 Å². The molecule has 0 aromatic carbocycles. The second kappa shape index (κ2) is 2.70. The molecule has 0 saturated heterocycles. The Morgan fingerprint density at radius 3 is 2.90 bits per heavy atom. The van der Waals surface area contributed by atoms with Gasteiger partial charge in [-0.25, -0.2) is 0 Å². The van der Waals surface area contributed by atoms with Gasteiger partial charge in [-0.3, -0.25) is 4.68 Å². The predicted molar refractivity (Wildman–Crippen MR) is 38.3 cm³/mol. The number of ether oxygens (including phenoxy) is 1. The molecule has 0 atom stereocenters. The smallest absolute Gasteiger partial charge is 0.121 e. The van der Waals surface area contributed by atoms with Gasteiger partial charge in [0.15, 0.2) is 0 Å². The zero-order valence-corrected chi connectivity index (χ0v) is 6.16. The summed E-state index contributed by atoms with van der Waals surface area (Å²) in [5, 5.41) is 4.07. The van der Waals surface area contributed by atoms with Crippen LogP contribution in [0.5, 0.6) is 0 Å². The molecule has 0 unspecified atom stereocenters. The molecule has 0 radical (unpaired) electrons. The Bertz CT molecular complexity index is 199. The summed E-state index contributed by atoms with van der Waals surface area (Å²) < 4.78 is 6.48. The van der Waals surface area contributed by atoms with Crippen LogP contribution in [0, 0.1) is 0 Å². The lowest BCUT2D eigenvalue weighted by Gasteiger charge is -1.90. The quantitative estimate of drug-likeness (QED) is 0.637. The van der Waals surface area contributed by atoms with Crippen molar-refractivity contribution in [2.75, 3.05) is 12.8 Å². The van der Waals surface area contributed by atoms with Crippen LogP contribution in [0.15, 0.2) is 6.07 Å². The molecule has 1 rings (SSSR count). The minimum absolute atomic E-state index is 0.519.